The molecule has 0 N–H and O–H groups in total. The summed E-state index contributed by atoms with van der Waals surface area (Å²) >= 11 is 0. The maximum absolute atomic E-state index is 12.6. The highest BCUT2D eigenvalue weighted by molar-refractivity contribution is 6.06. The van der Waals surface area contributed by atoms with Gasteiger partial charge in [0.05, 0.1) is 12.0 Å². The first kappa shape index (κ1) is 18.0. The summed E-state index contributed by atoms with van der Waals surface area (Å²) in [5.74, 6) is -0.714. The summed E-state index contributed by atoms with van der Waals surface area (Å²) in [7, 11) is 0. The Morgan fingerprint density at radius 1 is 1.13 bits per heavy atom. The second-order valence-electron chi connectivity index (χ2n) is 8.66. The van der Waals surface area contributed by atoms with E-state index in [4.69, 9.17) is 4.74 Å². The molecule has 0 bridgehead atoms. The molecule has 1 amide bonds. The lowest BCUT2D eigenvalue weighted by atomic mass is 9.68. The zero-order valence-electron chi connectivity index (χ0n) is 15.0. The third-order valence-electron chi connectivity index (χ3n) is 4.56. The molecule has 2 rings (SSSR count). The van der Waals surface area contributed by atoms with Crippen LogP contribution in [0.25, 0.3) is 0 Å². The van der Waals surface area contributed by atoms with Gasteiger partial charge in [-0.3, -0.25) is 9.59 Å². The summed E-state index contributed by atoms with van der Waals surface area (Å²) in [6, 6.07) is -0.338. The van der Waals surface area contributed by atoms with Gasteiger partial charge in [0.1, 0.15) is 17.2 Å². The predicted molar refractivity (Wildman–Crippen MR) is 87.1 cm³/mol. The fourth-order valence-electron chi connectivity index (χ4n) is 3.69. The maximum atomic E-state index is 12.6. The molecule has 5 nitrogen and oxygen atoms in total. The van der Waals surface area contributed by atoms with E-state index in [1.807, 2.05) is 34.6 Å². The van der Waals surface area contributed by atoms with Gasteiger partial charge in [-0.15, -0.1) is 0 Å². The third-order valence-corrected chi connectivity index (χ3v) is 4.56. The van der Waals surface area contributed by atoms with Crippen molar-refractivity contribution < 1.29 is 19.1 Å². The molecule has 1 saturated heterocycles. The molecule has 0 aromatic rings. The van der Waals surface area contributed by atoms with Crippen molar-refractivity contribution in [2.75, 3.05) is 6.54 Å². The number of Topliss-reactive ketones (excluding diaryl/α,β-unsaturated/α-hetero) is 2. The topological polar surface area (TPSA) is 63.7 Å². The lowest BCUT2D eigenvalue weighted by Crippen LogP contribution is -2.55. The number of nitrogens with zero attached hydrogens (tertiary/aromatic N) is 1. The molecule has 0 aromatic carbocycles. The fraction of sp³-hybridized carbons (Fsp3) is 0.833. The Morgan fingerprint density at radius 3 is 2.22 bits per heavy atom. The van der Waals surface area contributed by atoms with Crippen LogP contribution in [-0.4, -0.2) is 40.7 Å². The standard InChI is InChI=1S/C18H29NO4/c1-17(2,3)23-16(22)19-9-7-6-8-12(19)15-13(20)10-18(4,5)11-14(15)21/h12,15H,6-11H2,1-5H3. The highest BCUT2D eigenvalue weighted by atomic mass is 16.6. The molecule has 1 atom stereocenters. The monoisotopic (exact) mass is 323 g/mol. The molecule has 2 fully saturated rings. The first-order chi connectivity index (χ1) is 10.5. The van der Waals surface area contributed by atoms with E-state index in [0.717, 1.165) is 12.8 Å². The number of ketones is 2. The van der Waals surface area contributed by atoms with Crippen LogP contribution >= 0.6 is 0 Å². The molecule has 1 aliphatic carbocycles. The maximum Gasteiger partial charge on any atom is 0.410 e. The number of carbonyl (C=O) groups excluding carboxylic acids is 3. The van der Waals surface area contributed by atoms with Gasteiger partial charge in [-0.25, -0.2) is 4.79 Å². The molecule has 1 heterocycles. The van der Waals surface area contributed by atoms with Crippen molar-refractivity contribution in [1.29, 1.82) is 0 Å². The lowest BCUT2D eigenvalue weighted by Gasteiger charge is -2.42. The van der Waals surface area contributed by atoms with Crippen LogP contribution in [0.4, 0.5) is 4.79 Å². The molecule has 0 radical (unpaired) electrons. The largest absolute Gasteiger partial charge is 0.444 e. The zero-order valence-corrected chi connectivity index (χ0v) is 15.0. The van der Waals surface area contributed by atoms with Gasteiger partial charge in [0.25, 0.3) is 0 Å². The minimum atomic E-state index is -0.671. The Hall–Kier alpha value is -1.39. The zero-order chi connectivity index (χ0) is 17.4. The summed E-state index contributed by atoms with van der Waals surface area (Å²) in [4.78, 5) is 39.3. The molecular formula is C18H29NO4. The summed E-state index contributed by atoms with van der Waals surface area (Å²) in [6.45, 7) is 9.92. The van der Waals surface area contributed by atoms with E-state index in [0.29, 0.717) is 25.8 Å². The van der Waals surface area contributed by atoms with Crippen LogP contribution in [0.5, 0.6) is 0 Å². The first-order valence-electron chi connectivity index (χ1n) is 8.55. The minimum absolute atomic E-state index is 0.0216. The van der Waals surface area contributed by atoms with Crippen LogP contribution in [0.1, 0.15) is 66.7 Å². The van der Waals surface area contributed by atoms with Gasteiger partial charge in [-0.05, 0) is 45.4 Å². The van der Waals surface area contributed by atoms with E-state index in [1.165, 1.54) is 0 Å². The molecule has 23 heavy (non-hydrogen) atoms. The molecular weight excluding hydrogens is 294 g/mol. The van der Waals surface area contributed by atoms with Gasteiger partial charge in [-0.1, -0.05) is 13.8 Å². The van der Waals surface area contributed by atoms with Crippen molar-refractivity contribution in [3.8, 4) is 0 Å². The van der Waals surface area contributed by atoms with Gasteiger partial charge >= 0.3 is 6.09 Å². The second kappa shape index (κ2) is 6.25. The molecule has 5 heteroatoms. The Balaban J connectivity index is 2.19. The highest BCUT2D eigenvalue weighted by Gasteiger charge is 2.47. The Labute approximate surface area is 138 Å². The molecule has 0 spiro atoms. The Morgan fingerprint density at radius 2 is 1.70 bits per heavy atom. The van der Waals surface area contributed by atoms with Crippen molar-refractivity contribution in [1.82, 2.24) is 4.90 Å². The van der Waals surface area contributed by atoms with Gasteiger partial charge in [0.2, 0.25) is 0 Å². The van der Waals surface area contributed by atoms with E-state index in [9.17, 15) is 14.4 Å². The van der Waals surface area contributed by atoms with Gasteiger partial charge in [0.15, 0.2) is 0 Å². The van der Waals surface area contributed by atoms with Gasteiger partial charge in [-0.2, -0.15) is 0 Å². The Bertz CT molecular complexity index is 484. The van der Waals surface area contributed by atoms with E-state index in [1.54, 1.807) is 4.90 Å². The number of carbonyl (C=O) groups is 3. The summed E-state index contributed by atoms with van der Waals surface area (Å²) < 4.78 is 5.47. The number of piperidine rings is 1. The number of hydrogen-bond acceptors (Lipinski definition) is 4. The van der Waals surface area contributed by atoms with Crippen LogP contribution < -0.4 is 0 Å². The molecule has 130 valence electrons. The molecule has 0 aromatic heterocycles. The molecule has 1 aliphatic heterocycles. The summed E-state index contributed by atoms with van der Waals surface area (Å²) in [5, 5.41) is 0. The molecule has 2 aliphatic rings. The number of hydrogen-bond donors (Lipinski definition) is 0. The van der Waals surface area contributed by atoms with Crippen molar-refractivity contribution in [2.24, 2.45) is 11.3 Å². The lowest BCUT2D eigenvalue weighted by molar-refractivity contribution is -0.143. The number of likely N-dealkylation sites (tertiary alicyclic amines) is 1. The highest BCUT2D eigenvalue weighted by Crippen LogP contribution is 2.38. The Kier molecular flexibility index (Phi) is 4.88. The van der Waals surface area contributed by atoms with E-state index in [-0.39, 0.29) is 23.0 Å². The van der Waals surface area contributed by atoms with Crippen LogP contribution in [0.15, 0.2) is 0 Å². The average molecular weight is 323 g/mol. The van der Waals surface area contributed by atoms with Crippen molar-refractivity contribution in [3.63, 3.8) is 0 Å². The number of amides is 1. The van der Waals surface area contributed by atoms with E-state index >= 15 is 0 Å². The van der Waals surface area contributed by atoms with E-state index < -0.39 is 17.6 Å². The van der Waals surface area contributed by atoms with Crippen LogP contribution in [-0.2, 0) is 14.3 Å². The van der Waals surface area contributed by atoms with Crippen molar-refractivity contribution in [3.05, 3.63) is 0 Å². The first-order valence-corrected chi connectivity index (χ1v) is 8.55. The van der Waals surface area contributed by atoms with Gasteiger partial charge in [0, 0.05) is 19.4 Å². The minimum Gasteiger partial charge on any atom is -0.444 e. The summed E-state index contributed by atoms with van der Waals surface area (Å²) in [6.07, 6.45) is 2.92. The average Bonchev–Trinajstić information content (AvgIpc) is 2.34. The quantitative estimate of drug-likeness (QED) is 0.694. The number of ether oxygens (including phenoxy) is 1. The molecule has 1 saturated carbocycles. The predicted octanol–water partition coefficient (Wildman–Crippen LogP) is 3.35. The van der Waals surface area contributed by atoms with Crippen LogP contribution in [0, 0.1) is 11.3 Å². The van der Waals surface area contributed by atoms with Gasteiger partial charge < -0.3 is 9.64 Å². The molecule has 1 unspecified atom stereocenters. The fourth-order valence-corrected chi connectivity index (χ4v) is 3.69. The third kappa shape index (κ3) is 4.33. The second-order valence-corrected chi connectivity index (χ2v) is 8.66. The smallest absolute Gasteiger partial charge is 0.410 e. The summed E-state index contributed by atoms with van der Waals surface area (Å²) in [5.41, 5.74) is -0.849. The van der Waals surface area contributed by atoms with Crippen LogP contribution in [0.3, 0.4) is 0 Å². The van der Waals surface area contributed by atoms with E-state index in [2.05, 4.69) is 0 Å². The SMILES string of the molecule is CC1(C)CC(=O)C(C2CCCCN2C(=O)OC(C)(C)C)C(=O)C1. The normalized spacial score (nSPS) is 26.3. The van der Waals surface area contributed by atoms with Crippen molar-refractivity contribution in [2.45, 2.75) is 78.4 Å². The van der Waals surface area contributed by atoms with Crippen molar-refractivity contribution >= 4 is 17.7 Å². The number of rotatable bonds is 1. The van der Waals surface area contributed by atoms with Crippen LogP contribution in [0.2, 0.25) is 0 Å².